The first-order valence-corrected chi connectivity index (χ1v) is 9.47. The fraction of sp³-hybridized carbons (Fsp3) is 0.0952. The highest BCUT2D eigenvalue weighted by molar-refractivity contribution is 6.31. The van der Waals surface area contributed by atoms with Crippen molar-refractivity contribution in [2.75, 3.05) is 11.9 Å². The van der Waals surface area contributed by atoms with Gasteiger partial charge in [-0.25, -0.2) is 9.37 Å². The van der Waals surface area contributed by atoms with E-state index >= 15 is 0 Å². The molecule has 0 fully saturated rings. The fourth-order valence-electron chi connectivity index (χ4n) is 3.04. The topological polar surface area (TPSA) is 110 Å². The van der Waals surface area contributed by atoms with Gasteiger partial charge in [-0.2, -0.15) is 0 Å². The number of carbonyl (C=O) groups is 2. The normalized spacial score (nSPS) is 10.8. The Labute approximate surface area is 180 Å². The Balaban J connectivity index is 1.77. The van der Waals surface area contributed by atoms with Crippen LogP contribution >= 0.6 is 11.6 Å². The van der Waals surface area contributed by atoms with E-state index in [0.29, 0.717) is 38.6 Å². The minimum Gasteiger partial charge on any atom is -0.456 e. The van der Waals surface area contributed by atoms with Gasteiger partial charge in [-0.15, -0.1) is 0 Å². The van der Waals surface area contributed by atoms with Gasteiger partial charge >= 0.3 is 5.97 Å². The number of rotatable bonds is 5. The molecular weight excluding hydrogens is 425 g/mol. The van der Waals surface area contributed by atoms with Crippen molar-refractivity contribution in [3.8, 4) is 22.5 Å². The van der Waals surface area contributed by atoms with Crippen molar-refractivity contribution in [2.24, 2.45) is 0 Å². The highest BCUT2D eigenvalue weighted by Gasteiger charge is 2.18. The molecule has 156 valence electrons. The Morgan fingerprint density at radius 3 is 2.74 bits per heavy atom. The van der Waals surface area contributed by atoms with Crippen LogP contribution in [-0.4, -0.2) is 38.4 Å². The number of fused-ring (bicyclic) bond motifs is 1. The molecule has 2 N–H and O–H groups in total. The smallest absolute Gasteiger partial charge is 0.303 e. The van der Waals surface area contributed by atoms with E-state index in [0.717, 1.165) is 6.20 Å². The second-order valence-electron chi connectivity index (χ2n) is 6.54. The van der Waals surface area contributed by atoms with Crippen LogP contribution in [0.25, 0.3) is 33.5 Å². The number of amides is 1. The number of carbonyl (C=O) groups excluding carboxylic acids is 2. The van der Waals surface area contributed by atoms with Crippen molar-refractivity contribution in [2.45, 2.75) is 6.92 Å². The van der Waals surface area contributed by atoms with Gasteiger partial charge in [0.15, 0.2) is 6.61 Å². The number of pyridine rings is 3. The molecule has 0 bridgehead atoms. The van der Waals surface area contributed by atoms with E-state index < -0.39 is 24.3 Å². The first-order valence-electron chi connectivity index (χ1n) is 9.09. The van der Waals surface area contributed by atoms with Gasteiger partial charge in [0.2, 0.25) is 0 Å². The number of halogens is 2. The predicted molar refractivity (Wildman–Crippen MR) is 113 cm³/mol. The maximum Gasteiger partial charge on any atom is 0.303 e. The van der Waals surface area contributed by atoms with Crippen LogP contribution in [0.4, 0.5) is 10.2 Å². The predicted octanol–water partition coefficient (Wildman–Crippen LogP) is 3.98. The number of anilines is 1. The standard InChI is InChI=1S/C21H15ClFN5O3/c1-11(29)31-10-18(30)28-17-6-12(4-5-24-17)20-19(15-3-2-14(23)9-25-15)21-16(27-20)7-13(22)8-26-21/h2-9,27H,10H2,1H3,(H,24,28,30). The van der Waals surface area contributed by atoms with Gasteiger partial charge in [-0.3, -0.25) is 19.6 Å². The second-order valence-corrected chi connectivity index (χ2v) is 6.98. The van der Waals surface area contributed by atoms with Gasteiger partial charge in [0.05, 0.1) is 39.2 Å². The third-order valence-corrected chi connectivity index (χ3v) is 4.51. The Kier molecular flexibility index (Phi) is 5.59. The molecule has 0 atom stereocenters. The summed E-state index contributed by atoms with van der Waals surface area (Å²) in [5.41, 5.74) is 3.75. The zero-order valence-corrected chi connectivity index (χ0v) is 16.9. The molecule has 31 heavy (non-hydrogen) atoms. The van der Waals surface area contributed by atoms with E-state index in [2.05, 4.69) is 30.0 Å². The number of hydrogen-bond donors (Lipinski definition) is 2. The average Bonchev–Trinajstić information content (AvgIpc) is 3.11. The van der Waals surface area contributed by atoms with Crippen LogP contribution < -0.4 is 5.32 Å². The molecule has 0 aliphatic rings. The number of esters is 1. The lowest BCUT2D eigenvalue weighted by molar-refractivity contribution is -0.144. The molecule has 0 unspecified atom stereocenters. The third-order valence-electron chi connectivity index (χ3n) is 4.31. The average molecular weight is 440 g/mol. The summed E-state index contributed by atoms with van der Waals surface area (Å²) in [7, 11) is 0. The maximum atomic E-state index is 13.4. The lowest BCUT2D eigenvalue weighted by atomic mass is 10.0. The molecule has 0 saturated heterocycles. The molecule has 10 heteroatoms. The van der Waals surface area contributed by atoms with E-state index in [4.69, 9.17) is 11.6 Å². The molecule has 4 aromatic rings. The lowest BCUT2D eigenvalue weighted by Crippen LogP contribution is -2.20. The van der Waals surface area contributed by atoms with Gasteiger partial charge in [0.25, 0.3) is 5.91 Å². The summed E-state index contributed by atoms with van der Waals surface area (Å²) in [6, 6.07) is 7.98. The number of aromatic amines is 1. The van der Waals surface area contributed by atoms with E-state index in [1.165, 1.54) is 25.4 Å². The summed E-state index contributed by atoms with van der Waals surface area (Å²) < 4.78 is 18.1. The zero-order valence-electron chi connectivity index (χ0n) is 16.1. The van der Waals surface area contributed by atoms with E-state index in [9.17, 15) is 14.0 Å². The minimum atomic E-state index is -0.558. The SMILES string of the molecule is CC(=O)OCC(=O)Nc1cc(-c2[nH]c3cc(Cl)cnc3c2-c2ccc(F)cn2)ccn1. The summed E-state index contributed by atoms with van der Waals surface area (Å²) in [6.07, 6.45) is 4.16. The molecule has 0 aliphatic carbocycles. The maximum absolute atomic E-state index is 13.4. The molecule has 4 heterocycles. The van der Waals surface area contributed by atoms with E-state index in [-0.39, 0.29) is 5.82 Å². The highest BCUT2D eigenvalue weighted by atomic mass is 35.5. The number of ether oxygens (including phenoxy) is 1. The van der Waals surface area contributed by atoms with E-state index in [1.54, 1.807) is 24.3 Å². The Morgan fingerprint density at radius 1 is 1.16 bits per heavy atom. The van der Waals surface area contributed by atoms with Crippen molar-refractivity contribution < 1.29 is 18.7 Å². The number of H-pyrrole nitrogens is 1. The Hall–Kier alpha value is -3.85. The number of hydrogen-bond acceptors (Lipinski definition) is 6. The van der Waals surface area contributed by atoms with Crippen molar-refractivity contribution in [3.63, 3.8) is 0 Å². The molecule has 4 aromatic heterocycles. The quantitative estimate of drug-likeness (QED) is 0.455. The van der Waals surface area contributed by atoms with Crippen LogP contribution in [0.3, 0.4) is 0 Å². The third kappa shape index (κ3) is 4.51. The molecule has 0 spiro atoms. The molecule has 4 rings (SSSR count). The van der Waals surface area contributed by atoms with Crippen LogP contribution in [0.2, 0.25) is 5.02 Å². The van der Waals surface area contributed by atoms with Gasteiger partial charge in [0, 0.05) is 24.9 Å². The van der Waals surface area contributed by atoms with Crippen molar-refractivity contribution >= 4 is 40.3 Å². The van der Waals surface area contributed by atoms with Gasteiger partial charge in [-0.05, 0) is 30.3 Å². The summed E-state index contributed by atoms with van der Waals surface area (Å²) in [6.45, 7) is 0.800. The van der Waals surface area contributed by atoms with Gasteiger partial charge in [-0.1, -0.05) is 11.6 Å². The molecule has 0 radical (unpaired) electrons. The monoisotopic (exact) mass is 439 g/mol. The summed E-state index contributed by atoms with van der Waals surface area (Å²) in [5.74, 6) is -1.27. The number of nitrogens with zero attached hydrogens (tertiary/aromatic N) is 3. The summed E-state index contributed by atoms with van der Waals surface area (Å²) in [4.78, 5) is 38.8. The van der Waals surface area contributed by atoms with Crippen molar-refractivity contribution in [1.29, 1.82) is 0 Å². The van der Waals surface area contributed by atoms with Crippen LogP contribution in [0.1, 0.15) is 6.92 Å². The van der Waals surface area contributed by atoms with Gasteiger partial charge in [0.1, 0.15) is 11.6 Å². The Bertz CT molecular complexity index is 1290. The molecule has 8 nitrogen and oxygen atoms in total. The zero-order chi connectivity index (χ0) is 22.0. The molecule has 0 saturated carbocycles. The van der Waals surface area contributed by atoms with Crippen molar-refractivity contribution in [3.05, 3.63) is 59.8 Å². The summed E-state index contributed by atoms with van der Waals surface area (Å²) >= 11 is 6.09. The molecule has 0 aromatic carbocycles. The first-order chi connectivity index (χ1) is 14.9. The van der Waals surface area contributed by atoms with Crippen LogP contribution in [0.5, 0.6) is 0 Å². The largest absolute Gasteiger partial charge is 0.456 e. The summed E-state index contributed by atoms with van der Waals surface area (Å²) in [5, 5.41) is 3.02. The fourth-order valence-corrected chi connectivity index (χ4v) is 3.20. The van der Waals surface area contributed by atoms with Crippen LogP contribution in [-0.2, 0) is 14.3 Å². The van der Waals surface area contributed by atoms with Crippen LogP contribution in [0, 0.1) is 5.82 Å². The van der Waals surface area contributed by atoms with Gasteiger partial charge < -0.3 is 15.0 Å². The second kappa shape index (κ2) is 8.49. The lowest BCUT2D eigenvalue weighted by Gasteiger charge is -2.08. The highest BCUT2D eigenvalue weighted by Crippen LogP contribution is 2.37. The molecule has 0 aliphatic heterocycles. The Morgan fingerprint density at radius 2 is 2.00 bits per heavy atom. The number of nitrogens with one attached hydrogen (secondary N) is 2. The molecular formula is C21H15ClFN5O3. The van der Waals surface area contributed by atoms with E-state index in [1.807, 2.05) is 0 Å². The molecule has 1 amide bonds. The first kappa shape index (κ1) is 20.4. The van der Waals surface area contributed by atoms with Crippen molar-refractivity contribution in [1.82, 2.24) is 19.9 Å². The minimum absolute atomic E-state index is 0.261. The number of aromatic nitrogens is 4. The van der Waals surface area contributed by atoms with Crippen LogP contribution in [0.15, 0.2) is 48.9 Å².